The van der Waals surface area contributed by atoms with Crippen LogP contribution in [0.25, 0.3) is 10.8 Å². The van der Waals surface area contributed by atoms with Gasteiger partial charge in [0.05, 0.1) is 12.5 Å². The van der Waals surface area contributed by atoms with Crippen molar-refractivity contribution in [1.82, 2.24) is 0 Å². The average molecular weight is 469 g/mol. The van der Waals surface area contributed by atoms with Crippen molar-refractivity contribution in [2.75, 3.05) is 17.3 Å². The normalized spacial score (nSPS) is 14.1. The van der Waals surface area contributed by atoms with Crippen LogP contribution in [0.4, 0.5) is 11.6 Å². The van der Waals surface area contributed by atoms with E-state index in [0.717, 1.165) is 35.2 Å². The molecule has 0 saturated heterocycles. The van der Waals surface area contributed by atoms with Crippen LogP contribution in [0.5, 0.6) is 5.75 Å². The average Bonchev–Trinajstić information content (AvgIpc) is 2.90. The number of rotatable bonds is 8. The molecule has 1 N–H and O–H groups in total. The van der Waals surface area contributed by atoms with Gasteiger partial charge in [0, 0.05) is 30.1 Å². The van der Waals surface area contributed by atoms with Crippen LogP contribution in [0.1, 0.15) is 43.2 Å². The first-order valence-electron chi connectivity index (χ1n) is 12.5. The van der Waals surface area contributed by atoms with E-state index >= 15 is 0 Å². The van der Waals surface area contributed by atoms with Gasteiger partial charge in [-0.1, -0.05) is 86.0 Å². The molecule has 3 aromatic carbocycles. The summed E-state index contributed by atoms with van der Waals surface area (Å²) in [6.45, 7) is 1.27. The van der Waals surface area contributed by atoms with Crippen molar-refractivity contribution in [3.8, 4) is 5.75 Å². The minimum Gasteiger partial charge on any atom is -0.496 e. The van der Waals surface area contributed by atoms with Crippen molar-refractivity contribution in [2.45, 2.75) is 51.2 Å². The van der Waals surface area contributed by atoms with Gasteiger partial charge in [-0.2, -0.15) is 0 Å². The van der Waals surface area contributed by atoms with E-state index in [-0.39, 0.29) is 5.63 Å². The Labute approximate surface area is 206 Å². The molecule has 0 aliphatic heterocycles. The monoisotopic (exact) mass is 468 g/mol. The van der Waals surface area contributed by atoms with Crippen LogP contribution in [0.3, 0.4) is 0 Å². The van der Waals surface area contributed by atoms with E-state index in [4.69, 9.17) is 9.15 Å². The molecule has 0 unspecified atom stereocenters. The maximum atomic E-state index is 13.0. The fraction of sp³-hybridized carbons (Fsp3) is 0.300. The molecular weight excluding hydrogens is 436 g/mol. The van der Waals surface area contributed by atoms with Crippen molar-refractivity contribution < 1.29 is 9.15 Å². The summed E-state index contributed by atoms with van der Waals surface area (Å²) in [6.07, 6.45) is 5.82. The maximum Gasteiger partial charge on any atom is 0.345 e. The molecule has 1 fully saturated rings. The number of benzene rings is 3. The molecule has 1 saturated carbocycles. The molecule has 5 heteroatoms. The molecule has 1 heterocycles. The molecule has 1 aliphatic rings. The Morgan fingerprint density at radius 3 is 2.31 bits per heavy atom. The Balaban J connectivity index is 1.65. The number of anilines is 2. The van der Waals surface area contributed by atoms with E-state index in [1.807, 2.05) is 48.5 Å². The molecule has 0 radical (unpaired) electrons. The Bertz CT molecular complexity index is 1330. The maximum absolute atomic E-state index is 13.0. The second-order valence-electron chi connectivity index (χ2n) is 9.25. The van der Waals surface area contributed by atoms with E-state index < -0.39 is 0 Å². The van der Waals surface area contributed by atoms with Gasteiger partial charge in [0.2, 0.25) is 5.88 Å². The van der Waals surface area contributed by atoms with Gasteiger partial charge in [-0.15, -0.1) is 0 Å². The summed E-state index contributed by atoms with van der Waals surface area (Å²) in [5.41, 5.74) is 2.87. The molecule has 4 aromatic rings. The Morgan fingerprint density at radius 1 is 0.857 bits per heavy atom. The molecule has 0 amide bonds. The van der Waals surface area contributed by atoms with Gasteiger partial charge in [0.15, 0.2) is 0 Å². The van der Waals surface area contributed by atoms with Crippen molar-refractivity contribution in [1.29, 1.82) is 0 Å². The minimum absolute atomic E-state index is 0.302. The minimum atomic E-state index is -0.306. The zero-order valence-electron chi connectivity index (χ0n) is 20.2. The highest BCUT2D eigenvalue weighted by molar-refractivity contribution is 5.97. The van der Waals surface area contributed by atoms with Gasteiger partial charge in [-0.3, -0.25) is 0 Å². The summed E-state index contributed by atoms with van der Waals surface area (Å²) in [6, 6.07) is 26.5. The summed E-state index contributed by atoms with van der Waals surface area (Å²) >= 11 is 0. The lowest BCUT2D eigenvalue weighted by atomic mass is 9.95. The predicted molar refractivity (Wildman–Crippen MR) is 142 cm³/mol. The van der Waals surface area contributed by atoms with Gasteiger partial charge >= 0.3 is 5.63 Å². The van der Waals surface area contributed by atoms with Gasteiger partial charge in [-0.05, 0) is 30.5 Å². The largest absolute Gasteiger partial charge is 0.496 e. The second-order valence-corrected chi connectivity index (χ2v) is 9.25. The van der Waals surface area contributed by atoms with Crippen molar-refractivity contribution in [2.24, 2.45) is 0 Å². The zero-order chi connectivity index (χ0) is 24.0. The van der Waals surface area contributed by atoms with Crippen LogP contribution in [-0.4, -0.2) is 13.2 Å². The number of nitrogens with one attached hydrogen (secondary N) is 1. The second kappa shape index (κ2) is 10.7. The van der Waals surface area contributed by atoms with E-state index in [1.54, 1.807) is 7.11 Å². The predicted octanol–water partition coefficient (Wildman–Crippen LogP) is 6.75. The molecule has 0 spiro atoms. The molecule has 5 rings (SSSR count). The van der Waals surface area contributed by atoms with Gasteiger partial charge < -0.3 is 19.4 Å². The summed E-state index contributed by atoms with van der Waals surface area (Å²) in [5, 5.41) is 5.11. The first-order valence-corrected chi connectivity index (χ1v) is 12.5. The molecule has 5 nitrogen and oxygen atoms in total. The fourth-order valence-electron chi connectivity index (χ4n) is 5.09. The van der Waals surface area contributed by atoms with Gasteiger partial charge in [0.1, 0.15) is 11.4 Å². The third-order valence-corrected chi connectivity index (χ3v) is 6.84. The highest BCUT2D eigenvalue weighted by Crippen LogP contribution is 2.37. The molecule has 1 aromatic heterocycles. The summed E-state index contributed by atoms with van der Waals surface area (Å²) in [5.74, 6) is 1.40. The summed E-state index contributed by atoms with van der Waals surface area (Å²) < 4.78 is 11.7. The number of hydrogen-bond donors (Lipinski definition) is 1. The lowest BCUT2D eigenvalue weighted by Gasteiger charge is -2.30. The molecule has 1 aliphatic carbocycles. The smallest absolute Gasteiger partial charge is 0.345 e. The number of hydrogen-bond acceptors (Lipinski definition) is 5. The van der Waals surface area contributed by atoms with Crippen LogP contribution in [0, 0.1) is 0 Å². The number of para-hydroxylation sites is 1. The Kier molecular flexibility index (Phi) is 7.03. The van der Waals surface area contributed by atoms with E-state index in [0.29, 0.717) is 30.4 Å². The molecular formula is C30H32N2O3. The van der Waals surface area contributed by atoms with E-state index in [2.05, 4.69) is 40.5 Å². The fourth-order valence-corrected chi connectivity index (χ4v) is 5.09. The summed E-state index contributed by atoms with van der Waals surface area (Å²) in [4.78, 5) is 15.3. The van der Waals surface area contributed by atoms with Crippen molar-refractivity contribution in [3.63, 3.8) is 0 Å². The number of ether oxygens (including phenoxy) is 1. The topological polar surface area (TPSA) is 54.7 Å². The highest BCUT2D eigenvalue weighted by Gasteiger charge is 2.24. The third kappa shape index (κ3) is 5.19. The Hall–Kier alpha value is -3.73. The van der Waals surface area contributed by atoms with E-state index in [1.165, 1.54) is 24.8 Å². The number of fused-ring (bicyclic) bond motifs is 1. The summed E-state index contributed by atoms with van der Waals surface area (Å²) in [7, 11) is 1.70. The molecule has 0 atom stereocenters. The first kappa shape index (κ1) is 23.0. The molecule has 35 heavy (non-hydrogen) atoms. The number of methoxy groups -OCH3 is 1. The van der Waals surface area contributed by atoms with Crippen LogP contribution >= 0.6 is 0 Å². The Morgan fingerprint density at radius 2 is 1.54 bits per heavy atom. The standard InChI is InChI=1S/C30H32N2O3/c1-34-27-19-11-8-14-23(27)21-32(20-22-12-4-2-5-13-22)28-25-17-9-10-18-26(25)30(33)35-29(28)31-24-15-6-3-7-16-24/h2,4-5,8-14,17-19,24,31H,3,6-7,15-16,20-21H2,1H3. The van der Waals surface area contributed by atoms with Gasteiger partial charge in [-0.25, -0.2) is 4.79 Å². The lowest BCUT2D eigenvalue weighted by molar-refractivity contribution is 0.409. The van der Waals surface area contributed by atoms with Crippen LogP contribution in [0.15, 0.2) is 88.1 Å². The highest BCUT2D eigenvalue weighted by atomic mass is 16.5. The SMILES string of the molecule is COc1ccccc1CN(Cc1ccccc1)c1c(NC2CCCCC2)oc(=O)c2ccccc12. The van der Waals surface area contributed by atoms with Crippen LogP contribution in [-0.2, 0) is 13.1 Å². The van der Waals surface area contributed by atoms with Crippen LogP contribution in [0.2, 0.25) is 0 Å². The third-order valence-electron chi connectivity index (χ3n) is 6.84. The van der Waals surface area contributed by atoms with Crippen LogP contribution < -0.4 is 20.6 Å². The number of nitrogens with zero attached hydrogens (tertiary/aromatic N) is 1. The van der Waals surface area contributed by atoms with E-state index in [9.17, 15) is 4.79 Å². The first-order chi connectivity index (χ1) is 17.2. The van der Waals surface area contributed by atoms with Crippen molar-refractivity contribution >= 4 is 22.3 Å². The lowest BCUT2D eigenvalue weighted by Crippen LogP contribution is -2.28. The molecule has 180 valence electrons. The van der Waals surface area contributed by atoms with Gasteiger partial charge in [0.25, 0.3) is 0 Å². The van der Waals surface area contributed by atoms with Crippen molar-refractivity contribution in [3.05, 3.63) is 100 Å². The quantitative estimate of drug-likeness (QED) is 0.310. The molecule has 0 bridgehead atoms. The zero-order valence-corrected chi connectivity index (χ0v) is 20.2.